The Bertz CT molecular complexity index is 586. The Labute approximate surface area is 102 Å². The molecule has 1 aromatic heterocycles. The van der Waals surface area contributed by atoms with Crippen molar-refractivity contribution in [3.05, 3.63) is 24.1 Å². The molecule has 2 aromatic rings. The van der Waals surface area contributed by atoms with Crippen molar-refractivity contribution in [1.82, 2.24) is 4.98 Å². The summed E-state index contributed by atoms with van der Waals surface area (Å²) in [4.78, 5) is 3.22. The van der Waals surface area contributed by atoms with Gasteiger partial charge in [0.2, 0.25) is 11.8 Å². The van der Waals surface area contributed by atoms with Gasteiger partial charge in [0.05, 0.1) is 0 Å². The fourth-order valence-corrected chi connectivity index (χ4v) is 1.55. The first-order valence-electron chi connectivity index (χ1n) is 4.88. The lowest BCUT2D eigenvalue weighted by Gasteiger charge is -2.19. The molecule has 2 N–H and O–H groups in total. The second kappa shape index (κ2) is 4.04. The molecule has 0 radical (unpaired) electrons. The average molecular weight is 284 g/mol. The first kappa shape index (κ1) is 13.5. The van der Waals surface area contributed by atoms with Crippen molar-refractivity contribution in [3.63, 3.8) is 0 Å². The Morgan fingerprint density at radius 3 is 2.16 bits per heavy atom. The van der Waals surface area contributed by atoms with Crippen LogP contribution in [0.2, 0.25) is 0 Å². The van der Waals surface area contributed by atoms with E-state index >= 15 is 0 Å². The van der Waals surface area contributed by atoms with Gasteiger partial charge < -0.3 is 10.2 Å². The van der Waals surface area contributed by atoms with Gasteiger partial charge in [0.25, 0.3) is 0 Å². The highest BCUT2D eigenvalue weighted by Gasteiger charge is 2.60. The quantitative estimate of drug-likeness (QED) is 0.642. The highest BCUT2D eigenvalue weighted by Crippen LogP contribution is 2.46. The molecule has 2 rings (SSSR count). The van der Waals surface area contributed by atoms with Crippen LogP contribution in [0.4, 0.5) is 32.0 Å². The van der Waals surface area contributed by atoms with E-state index in [-0.39, 0.29) is 16.8 Å². The SMILES string of the molecule is Nc1ccc2oc(C(C(F)(F)F)C(F)(F)F)nc2c1. The van der Waals surface area contributed by atoms with Crippen LogP contribution < -0.4 is 5.73 Å². The van der Waals surface area contributed by atoms with E-state index in [1.165, 1.54) is 6.07 Å². The second-order valence-corrected chi connectivity index (χ2v) is 3.80. The number of benzene rings is 1. The van der Waals surface area contributed by atoms with E-state index in [4.69, 9.17) is 5.73 Å². The Kier molecular flexibility index (Phi) is 2.87. The van der Waals surface area contributed by atoms with Crippen LogP contribution in [0.25, 0.3) is 11.1 Å². The molecular formula is C10H6F6N2O. The summed E-state index contributed by atoms with van der Waals surface area (Å²) in [6.45, 7) is 0. The molecule has 0 bridgehead atoms. The second-order valence-electron chi connectivity index (χ2n) is 3.80. The minimum Gasteiger partial charge on any atom is -0.440 e. The molecule has 3 nitrogen and oxygen atoms in total. The number of anilines is 1. The largest absolute Gasteiger partial charge is 0.440 e. The van der Waals surface area contributed by atoms with Gasteiger partial charge in [-0.25, -0.2) is 4.98 Å². The van der Waals surface area contributed by atoms with Gasteiger partial charge in [0.1, 0.15) is 5.52 Å². The van der Waals surface area contributed by atoms with E-state index in [1.54, 1.807) is 0 Å². The molecule has 0 atom stereocenters. The summed E-state index contributed by atoms with van der Waals surface area (Å²) in [6.07, 6.45) is -11.1. The summed E-state index contributed by atoms with van der Waals surface area (Å²) in [5.41, 5.74) is 5.16. The topological polar surface area (TPSA) is 52.0 Å². The fourth-order valence-electron chi connectivity index (χ4n) is 1.55. The molecule has 0 amide bonds. The Hall–Kier alpha value is -1.93. The summed E-state index contributed by atoms with van der Waals surface area (Å²) in [6, 6.07) is 3.57. The summed E-state index contributed by atoms with van der Waals surface area (Å²) in [5, 5.41) is 0. The number of alkyl halides is 6. The summed E-state index contributed by atoms with van der Waals surface area (Å²) in [5.74, 6) is -5.20. The zero-order valence-corrected chi connectivity index (χ0v) is 9.01. The molecule has 0 spiro atoms. The van der Waals surface area contributed by atoms with E-state index in [2.05, 4.69) is 9.40 Å². The van der Waals surface area contributed by atoms with Gasteiger partial charge in [0, 0.05) is 5.69 Å². The van der Waals surface area contributed by atoms with E-state index in [0.29, 0.717) is 0 Å². The molecule has 0 aliphatic heterocycles. The molecule has 1 aromatic carbocycles. The number of hydrogen-bond acceptors (Lipinski definition) is 3. The average Bonchev–Trinajstić information content (AvgIpc) is 2.54. The molecule has 104 valence electrons. The number of nitrogens with zero attached hydrogens (tertiary/aromatic N) is 1. The molecule has 0 saturated heterocycles. The number of nitrogens with two attached hydrogens (primary N) is 1. The van der Waals surface area contributed by atoms with Crippen molar-refractivity contribution in [1.29, 1.82) is 0 Å². The Balaban J connectivity index is 2.57. The third kappa shape index (κ3) is 2.59. The standard InChI is InChI=1S/C10H6F6N2O/c11-9(12,13)7(10(14,15)16)8-18-5-3-4(17)1-2-6(5)19-8/h1-3,7H,17H2. The van der Waals surface area contributed by atoms with Gasteiger partial charge in [-0.15, -0.1) is 0 Å². The summed E-state index contributed by atoms with van der Waals surface area (Å²) >= 11 is 0. The van der Waals surface area contributed by atoms with Crippen LogP contribution in [0.1, 0.15) is 11.8 Å². The maximum atomic E-state index is 12.5. The summed E-state index contributed by atoms with van der Waals surface area (Å²) in [7, 11) is 0. The van der Waals surface area contributed by atoms with Crippen LogP contribution in [-0.2, 0) is 0 Å². The zero-order valence-electron chi connectivity index (χ0n) is 9.01. The Morgan fingerprint density at radius 2 is 1.63 bits per heavy atom. The van der Waals surface area contributed by atoms with Crippen molar-refractivity contribution in [3.8, 4) is 0 Å². The van der Waals surface area contributed by atoms with Crippen LogP contribution in [0.5, 0.6) is 0 Å². The third-order valence-electron chi connectivity index (χ3n) is 2.33. The normalized spacial score (nSPS) is 13.4. The van der Waals surface area contributed by atoms with Crippen molar-refractivity contribution in [2.75, 3.05) is 5.73 Å². The zero-order chi connectivity index (χ0) is 14.4. The molecule has 0 fully saturated rings. The van der Waals surface area contributed by atoms with Crippen LogP contribution in [0, 0.1) is 0 Å². The number of aromatic nitrogens is 1. The molecule has 1 heterocycles. The van der Waals surface area contributed by atoms with Gasteiger partial charge in [-0.05, 0) is 18.2 Å². The molecule has 0 aliphatic carbocycles. The molecule has 9 heteroatoms. The van der Waals surface area contributed by atoms with Gasteiger partial charge in [-0.2, -0.15) is 26.3 Å². The minimum atomic E-state index is -5.54. The lowest BCUT2D eigenvalue weighted by atomic mass is 10.1. The number of rotatable bonds is 1. The van der Waals surface area contributed by atoms with Crippen molar-refractivity contribution in [2.24, 2.45) is 0 Å². The number of fused-ring (bicyclic) bond motifs is 1. The summed E-state index contributed by atoms with van der Waals surface area (Å²) < 4.78 is 79.3. The molecule has 0 saturated carbocycles. The van der Waals surface area contributed by atoms with Gasteiger partial charge in [0.15, 0.2) is 5.58 Å². The van der Waals surface area contributed by atoms with Crippen LogP contribution >= 0.6 is 0 Å². The van der Waals surface area contributed by atoms with Crippen molar-refractivity contribution < 1.29 is 30.8 Å². The van der Waals surface area contributed by atoms with Crippen molar-refractivity contribution >= 4 is 16.8 Å². The first-order chi connectivity index (χ1) is 8.59. The predicted octanol–water partition coefficient (Wildman–Crippen LogP) is 3.62. The van der Waals surface area contributed by atoms with Gasteiger partial charge in [-0.3, -0.25) is 0 Å². The molecular weight excluding hydrogens is 278 g/mol. The monoisotopic (exact) mass is 284 g/mol. The van der Waals surface area contributed by atoms with Gasteiger partial charge in [-0.1, -0.05) is 0 Å². The van der Waals surface area contributed by atoms with Crippen molar-refractivity contribution in [2.45, 2.75) is 18.3 Å². The predicted molar refractivity (Wildman–Crippen MR) is 53.3 cm³/mol. The number of hydrogen-bond donors (Lipinski definition) is 1. The maximum absolute atomic E-state index is 12.5. The third-order valence-corrected chi connectivity index (χ3v) is 2.33. The minimum absolute atomic E-state index is 0.155. The smallest absolute Gasteiger partial charge is 0.409 e. The van der Waals surface area contributed by atoms with E-state index in [1.807, 2.05) is 0 Å². The lowest BCUT2D eigenvalue weighted by Crippen LogP contribution is -2.34. The van der Waals surface area contributed by atoms with E-state index in [0.717, 1.165) is 12.1 Å². The molecule has 0 unspecified atom stereocenters. The molecule has 0 aliphatic rings. The van der Waals surface area contributed by atoms with Crippen LogP contribution in [0.3, 0.4) is 0 Å². The highest BCUT2D eigenvalue weighted by atomic mass is 19.4. The maximum Gasteiger partial charge on any atom is 0.409 e. The number of nitrogen functional groups attached to an aromatic ring is 1. The number of oxazole rings is 1. The first-order valence-corrected chi connectivity index (χ1v) is 4.88. The highest BCUT2D eigenvalue weighted by molar-refractivity contribution is 5.76. The fraction of sp³-hybridized carbons (Fsp3) is 0.300. The Morgan fingerprint density at radius 1 is 1.05 bits per heavy atom. The van der Waals surface area contributed by atoms with E-state index in [9.17, 15) is 26.3 Å². The van der Waals surface area contributed by atoms with Crippen LogP contribution in [-0.4, -0.2) is 17.3 Å². The molecule has 19 heavy (non-hydrogen) atoms. The van der Waals surface area contributed by atoms with Gasteiger partial charge >= 0.3 is 12.4 Å². The number of halogens is 6. The lowest BCUT2D eigenvalue weighted by molar-refractivity contribution is -0.258. The van der Waals surface area contributed by atoms with Crippen LogP contribution in [0.15, 0.2) is 22.6 Å². The van der Waals surface area contributed by atoms with E-state index < -0.39 is 24.2 Å².